The molecule has 0 fully saturated rings. The van der Waals surface area contributed by atoms with Crippen LogP contribution in [0.4, 0.5) is 8.78 Å². The van der Waals surface area contributed by atoms with Gasteiger partial charge in [0.05, 0.1) is 12.6 Å². The van der Waals surface area contributed by atoms with Gasteiger partial charge in [-0.3, -0.25) is 9.59 Å². The Morgan fingerprint density at radius 2 is 1.58 bits per heavy atom. The number of allylic oxidation sites excluding steroid dienone is 4. The van der Waals surface area contributed by atoms with E-state index < -0.39 is 23.8 Å². The van der Waals surface area contributed by atoms with Gasteiger partial charge >= 0.3 is 0 Å². The maximum Gasteiger partial charge on any atom is 0.250 e. The molecule has 0 bridgehead atoms. The van der Waals surface area contributed by atoms with E-state index in [-0.39, 0.29) is 31.2 Å². The minimum absolute atomic E-state index is 0.0182. The van der Waals surface area contributed by atoms with Gasteiger partial charge in [-0.2, -0.15) is 0 Å². The average molecular weight is 682 g/mol. The molecule has 3 aromatic carbocycles. The van der Waals surface area contributed by atoms with Crippen LogP contribution in [0.2, 0.25) is 0 Å². The van der Waals surface area contributed by atoms with Gasteiger partial charge in [-0.05, 0) is 90.3 Å². The van der Waals surface area contributed by atoms with Crippen molar-refractivity contribution in [1.29, 1.82) is 0 Å². The van der Waals surface area contributed by atoms with Gasteiger partial charge in [0.2, 0.25) is 5.91 Å². The van der Waals surface area contributed by atoms with Crippen LogP contribution in [0.15, 0.2) is 114 Å². The zero-order valence-electron chi connectivity index (χ0n) is 29.4. The molecule has 4 rings (SSSR count). The number of nitrogens with zero attached hydrogens (tertiary/aromatic N) is 1. The molecule has 1 amide bonds. The third kappa shape index (κ3) is 11.3. The number of aliphatic hydroxyl groups is 1. The molecular formula is C42H49F2N3O3. The van der Waals surface area contributed by atoms with Crippen LogP contribution in [0.5, 0.6) is 0 Å². The molecule has 0 saturated heterocycles. The average Bonchev–Trinajstić information content (AvgIpc) is 3.30. The van der Waals surface area contributed by atoms with E-state index in [1.807, 2.05) is 86.3 Å². The molecule has 0 spiro atoms. The summed E-state index contributed by atoms with van der Waals surface area (Å²) in [6.45, 7) is 12.1. The van der Waals surface area contributed by atoms with E-state index in [0.717, 1.165) is 46.7 Å². The molecule has 0 saturated carbocycles. The summed E-state index contributed by atoms with van der Waals surface area (Å²) in [5.41, 5.74) is 6.19. The van der Waals surface area contributed by atoms with Crippen LogP contribution < -0.4 is 10.6 Å². The predicted molar refractivity (Wildman–Crippen MR) is 197 cm³/mol. The number of hydrogen-bond acceptors (Lipinski definition) is 5. The van der Waals surface area contributed by atoms with E-state index in [2.05, 4.69) is 17.2 Å². The summed E-state index contributed by atoms with van der Waals surface area (Å²) < 4.78 is 28.2. The fraction of sp³-hybridized carbons (Fsp3) is 0.333. The number of carbonyl (C=O) groups excluding carboxylic acids is 2. The highest BCUT2D eigenvalue weighted by molar-refractivity contribution is 6.01. The zero-order chi connectivity index (χ0) is 36.0. The van der Waals surface area contributed by atoms with Crippen LogP contribution >= 0.6 is 0 Å². The van der Waals surface area contributed by atoms with E-state index in [1.54, 1.807) is 12.2 Å². The lowest BCUT2D eigenvalue weighted by Gasteiger charge is -2.25. The lowest BCUT2D eigenvalue weighted by Crippen LogP contribution is -2.48. The number of rotatable bonds is 18. The molecular weight excluding hydrogens is 632 g/mol. The van der Waals surface area contributed by atoms with Crippen molar-refractivity contribution < 1.29 is 23.5 Å². The standard InChI is InChI=1S/C42H49F2N3O3/c1-5-17-47(18-6-2)42(50)36-16-15-35(19-29(3)20-36)40(48)28-46-39(24-32-22-37(43)25-38(44)23-32)41(49)27-45-26-31-11-10-14-34(21-31)30(4)33-12-8-7-9-13-33/h7-15,19-23,25,39,41,45-46,49H,4-6,16-18,24,26-28H2,1-3H3. The summed E-state index contributed by atoms with van der Waals surface area (Å²) in [6.07, 6.45) is 6.54. The zero-order valence-corrected chi connectivity index (χ0v) is 29.4. The molecule has 0 aromatic heterocycles. The van der Waals surface area contributed by atoms with Crippen LogP contribution in [0.1, 0.15) is 62.3 Å². The number of Topliss-reactive ketones (excluding diaryl/α,β-unsaturated/α-hetero) is 1. The Balaban J connectivity index is 1.42. The van der Waals surface area contributed by atoms with Crippen molar-refractivity contribution in [3.05, 3.63) is 148 Å². The van der Waals surface area contributed by atoms with Crippen molar-refractivity contribution >= 4 is 17.3 Å². The Labute approximate surface area is 295 Å². The molecule has 264 valence electrons. The number of carbonyl (C=O) groups is 2. The van der Waals surface area contributed by atoms with Crippen molar-refractivity contribution in [1.82, 2.24) is 15.5 Å². The highest BCUT2D eigenvalue weighted by Gasteiger charge is 2.23. The second-order valence-electron chi connectivity index (χ2n) is 12.8. The second-order valence-corrected chi connectivity index (χ2v) is 12.8. The number of benzene rings is 3. The molecule has 0 radical (unpaired) electrons. The van der Waals surface area contributed by atoms with Crippen molar-refractivity contribution in [2.45, 2.75) is 65.1 Å². The maximum atomic E-state index is 14.1. The molecule has 2 atom stereocenters. The Bertz CT molecular complexity index is 1700. The molecule has 8 heteroatoms. The number of ketones is 1. The highest BCUT2D eigenvalue weighted by Crippen LogP contribution is 2.23. The van der Waals surface area contributed by atoms with E-state index in [0.29, 0.717) is 42.8 Å². The first-order chi connectivity index (χ1) is 24.1. The van der Waals surface area contributed by atoms with Gasteiger partial charge in [0.25, 0.3) is 0 Å². The van der Waals surface area contributed by atoms with Crippen molar-refractivity contribution in [2.24, 2.45) is 0 Å². The highest BCUT2D eigenvalue weighted by atomic mass is 19.1. The van der Waals surface area contributed by atoms with Crippen molar-refractivity contribution in [3.63, 3.8) is 0 Å². The smallest absolute Gasteiger partial charge is 0.250 e. The van der Waals surface area contributed by atoms with Crippen LogP contribution in [-0.4, -0.2) is 60.0 Å². The summed E-state index contributed by atoms with van der Waals surface area (Å²) in [6, 6.07) is 20.5. The Hall–Kier alpha value is -4.50. The van der Waals surface area contributed by atoms with Gasteiger partial charge in [0, 0.05) is 49.4 Å². The number of aliphatic hydroxyl groups excluding tert-OH is 1. The largest absolute Gasteiger partial charge is 0.390 e. The van der Waals surface area contributed by atoms with Crippen LogP contribution in [0.3, 0.4) is 0 Å². The minimum atomic E-state index is -0.994. The first kappa shape index (κ1) is 38.3. The van der Waals surface area contributed by atoms with Crippen LogP contribution in [-0.2, 0) is 22.6 Å². The van der Waals surface area contributed by atoms with Gasteiger partial charge in [-0.15, -0.1) is 0 Å². The normalized spacial score (nSPS) is 14.2. The monoisotopic (exact) mass is 681 g/mol. The number of amides is 1. The summed E-state index contributed by atoms with van der Waals surface area (Å²) in [4.78, 5) is 28.6. The minimum Gasteiger partial charge on any atom is -0.390 e. The summed E-state index contributed by atoms with van der Waals surface area (Å²) in [7, 11) is 0. The van der Waals surface area contributed by atoms with Gasteiger partial charge in [-0.25, -0.2) is 8.78 Å². The molecule has 6 nitrogen and oxygen atoms in total. The van der Waals surface area contributed by atoms with E-state index >= 15 is 0 Å². The molecule has 50 heavy (non-hydrogen) atoms. The molecule has 1 aliphatic carbocycles. The SMILES string of the molecule is C=C(c1ccccc1)c1cccc(CNCC(O)C(Cc2cc(F)cc(F)c2)NCC(=O)C2=CCC(C(=O)N(CCC)CCC)=CC(C)=C2)c1. The number of hydrogen-bond donors (Lipinski definition) is 3. The van der Waals surface area contributed by atoms with E-state index in [9.17, 15) is 23.5 Å². The van der Waals surface area contributed by atoms with Gasteiger partial charge in [-0.1, -0.05) is 81.1 Å². The molecule has 2 unspecified atom stereocenters. The van der Waals surface area contributed by atoms with Crippen LogP contribution in [0.25, 0.3) is 5.57 Å². The lowest BCUT2D eigenvalue weighted by atomic mass is 9.98. The molecule has 0 heterocycles. The Morgan fingerprint density at radius 3 is 2.26 bits per heavy atom. The lowest BCUT2D eigenvalue weighted by molar-refractivity contribution is -0.127. The molecule has 3 aromatic rings. The maximum absolute atomic E-state index is 14.1. The fourth-order valence-corrected chi connectivity index (χ4v) is 6.14. The third-order valence-corrected chi connectivity index (χ3v) is 8.65. The Morgan fingerprint density at radius 1 is 0.900 bits per heavy atom. The summed E-state index contributed by atoms with van der Waals surface area (Å²) in [5, 5.41) is 17.8. The van der Waals surface area contributed by atoms with Crippen molar-refractivity contribution in [2.75, 3.05) is 26.2 Å². The van der Waals surface area contributed by atoms with Gasteiger partial charge in [0.15, 0.2) is 5.78 Å². The molecule has 1 aliphatic rings. The molecule has 0 aliphatic heterocycles. The topological polar surface area (TPSA) is 81.7 Å². The van der Waals surface area contributed by atoms with E-state index in [4.69, 9.17) is 0 Å². The summed E-state index contributed by atoms with van der Waals surface area (Å²) >= 11 is 0. The first-order valence-corrected chi connectivity index (χ1v) is 17.4. The van der Waals surface area contributed by atoms with Crippen LogP contribution in [0, 0.1) is 11.6 Å². The van der Waals surface area contributed by atoms with Crippen molar-refractivity contribution in [3.8, 4) is 0 Å². The van der Waals surface area contributed by atoms with E-state index in [1.165, 1.54) is 12.1 Å². The Kier molecular flexibility index (Phi) is 14.6. The van der Waals surface area contributed by atoms with Gasteiger partial charge in [0.1, 0.15) is 11.6 Å². The number of nitrogens with one attached hydrogen (secondary N) is 2. The number of halogens is 2. The quantitative estimate of drug-likeness (QED) is 0.134. The predicted octanol–water partition coefficient (Wildman–Crippen LogP) is 7.10. The second kappa shape index (κ2) is 19.0. The third-order valence-electron chi connectivity index (χ3n) is 8.65. The van der Waals surface area contributed by atoms with Gasteiger partial charge < -0.3 is 20.6 Å². The molecule has 3 N–H and O–H groups in total. The first-order valence-electron chi connectivity index (χ1n) is 17.4. The fourth-order valence-electron chi connectivity index (χ4n) is 6.14. The summed E-state index contributed by atoms with van der Waals surface area (Å²) in [5.74, 6) is -1.65.